The van der Waals surface area contributed by atoms with Crippen molar-refractivity contribution in [3.8, 4) is 0 Å². The number of carbonyl (C=O) groups excluding carboxylic acids is 1. The number of aryl methyl sites for hydroxylation is 1. The molecule has 3 nitrogen and oxygen atoms in total. The van der Waals surface area contributed by atoms with Crippen LogP contribution in [0.15, 0.2) is 30.5 Å². The molecule has 1 saturated carbocycles. The Morgan fingerprint density at radius 3 is 2.94 bits per heavy atom. The smallest absolute Gasteiger partial charge is 0.318 e. The van der Waals surface area contributed by atoms with Crippen LogP contribution in [0.3, 0.4) is 0 Å². The van der Waals surface area contributed by atoms with Crippen molar-refractivity contribution in [3.05, 3.63) is 41.6 Å². The lowest BCUT2D eigenvalue weighted by Gasteiger charge is -2.01. The van der Waals surface area contributed by atoms with E-state index in [1.165, 1.54) is 5.56 Å². The third-order valence-electron chi connectivity index (χ3n) is 2.44. The van der Waals surface area contributed by atoms with Gasteiger partial charge in [0.05, 0.1) is 0 Å². The molecule has 3 heteroatoms. The Labute approximate surface area is 95.6 Å². The Balaban J connectivity index is 1.81. The first-order valence-electron chi connectivity index (χ1n) is 5.54. The van der Waals surface area contributed by atoms with Gasteiger partial charge in [-0.1, -0.05) is 29.8 Å². The average molecular weight is 216 g/mol. The summed E-state index contributed by atoms with van der Waals surface area (Å²) in [7, 11) is 0. The van der Waals surface area contributed by atoms with Gasteiger partial charge in [0.1, 0.15) is 0 Å². The summed E-state index contributed by atoms with van der Waals surface area (Å²) >= 11 is 0. The fourth-order valence-corrected chi connectivity index (χ4v) is 1.44. The highest BCUT2D eigenvalue weighted by molar-refractivity contribution is 5.76. The van der Waals surface area contributed by atoms with E-state index in [1.807, 2.05) is 31.2 Å². The summed E-state index contributed by atoms with van der Waals surface area (Å²) in [5.41, 5.74) is 2.30. The van der Waals surface area contributed by atoms with Gasteiger partial charge in [-0.25, -0.2) is 4.79 Å². The lowest BCUT2D eigenvalue weighted by molar-refractivity contribution is 0.244. The number of hydrogen-bond acceptors (Lipinski definition) is 1. The van der Waals surface area contributed by atoms with E-state index in [2.05, 4.69) is 16.7 Å². The third-order valence-corrected chi connectivity index (χ3v) is 2.44. The van der Waals surface area contributed by atoms with Crippen molar-refractivity contribution in [2.24, 2.45) is 0 Å². The Bertz CT molecular complexity index is 408. The molecule has 2 amide bonds. The first kappa shape index (κ1) is 10.7. The van der Waals surface area contributed by atoms with Crippen LogP contribution in [0.25, 0.3) is 6.08 Å². The van der Waals surface area contributed by atoms with Crippen LogP contribution in [0.2, 0.25) is 0 Å². The van der Waals surface area contributed by atoms with Crippen LogP contribution in [0.4, 0.5) is 4.79 Å². The summed E-state index contributed by atoms with van der Waals surface area (Å²) in [5.74, 6) is 0. The molecule has 0 aromatic heterocycles. The molecular formula is C13H16N2O. The van der Waals surface area contributed by atoms with E-state index >= 15 is 0 Å². The monoisotopic (exact) mass is 216 g/mol. The lowest BCUT2D eigenvalue weighted by atomic mass is 10.1. The number of nitrogens with one attached hydrogen (secondary N) is 2. The zero-order chi connectivity index (χ0) is 11.4. The summed E-state index contributed by atoms with van der Waals surface area (Å²) in [6.07, 6.45) is 5.77. The van der Waals surface area contributed by atoms with E-state index < -0.39 is 0 Å². The highest BCUT2D eigenvalue weighted by Crippen LogP contribution is 2.18. The molecule has 0 heterocycles. The molecule has 0 atom stereocenters. The fourth-order valence-electron chi connectivity index (χ4n) is 1.44. The van der Waals surface area contributed by atoms with Crippen molar-refractivity contribution in [3.63, 3.8) is 0 Å². The molecule has 1 aliphatic rings. The maximum atomic E-state index is 11.3. The Morgan fingerprint density at radius 2 is 2.25 bits per heavy atom. The first-order chi connectivity index (χ1) is 7.74. The van der Waals surface area contributed by atoms with Gasteiger partial charge in [0.15, 0.2) is 0 Å². The summed E-state index contributed by atoms with van der Waals surface area (Å²) in [6, 6.07) is 8.39. The second kappa shape index (κ2) is 4.84. The van der Waals surface area contributed by atoms with Crippen LogP contribution < -0.4 is 10.6 Å². The average Bonchev–Trinajstić information content (AvgIpc) is 3.02. The predicted octanol–water partition coefficient (Wildman–Crippen LogP) is 2.43. The Hall–Kier alpha value is -1.77. The molecule has 0 radical (unpaired) electrons. The lowest BCUT2D eigenvalue weighted by Crippen LogP contribution is -2.33. The van der Waals surface area contributed by atoms with E-state index in [0.29, 0.717) is 6.04 Å². The number of rotatable bonds is 3. The number of amides is 2. The molecule has 1 aromatic rings. The van der Waals surface area contributed by atoms with E-state index in [-0.39, 0.29) is 6.03 Å². The van der Waals surface area contributed by atoms with Gasteiger partial charge in [0.25, 0.3) is 0 Å². The number of carbonyl (C=O) groups is 1. The highest BCUT2D eigenvalue weighted by Gasteiger charge is 2.22. The molecule has 1 fully saturated rings. The second-order valence-corrected chi connectivity index (χ2v) is 4.14. The quantitative estimate of drug-likeness (QED) is 0.800. The van der Waals surface area contributed by atoms with Gasteiger partial charge >= 0.3 is 6.03 Å². The Kier molecular flexibility index (Phi) is 3.25. The van der Waals surface area contributed by atoms with Crippen LogP contribution in [0.1, 0.15) is 24.0 Å². The van der Waals surface area contributed by atoms with Gasteiger partial charge in [-0.05, 0) is 31.4 Å². The van der Waals surface area contributed by atoms with Crippen LogP contribution >= 0.6 is 0 Å². The van der Waals surface area contributed by atoms with Crippen molar-refractivity contribution >= 4 is 12.1 Å². The number of urea groups is 1. The minimum Gasteiger partial charge on any atom is -0.335 e. The SMILES string of the molecule is Cc1cccc(/C=C/NC(=O)NC2CC2)c1. The molecule has 84 valence electrons. The predicted molar refractivity (Wildman–Crippen MR) is 64.9 cm³/mol. The number of benzene rings is 1. The molecule has 0 unspecified atom stereocenters. The maximum Gasteiger partial charge on any atom is 0.318 e. The Morgan fingerprint density at radius 1 is 1.44 bits per heavy atom. The normalized spacial score (nSPS) is 15.1. The summed E-state index contributed by atoms with van der Waals surface area (Å²) in [4.78, 5) is 11.3. The van der Waals surface area contributed by atoms with Crippen LogP contribution in [-0.4, -0.2) is 12.1 Å². The zero-order valence-electron chi connectivity index (χ0n) is 9.36. The van der Waals surface area contributed by atoms with Gasteiger partial charge < -0.3 is 10.6 Å². The molecule has 1 aromatic carbocycles. The summed E-state index contributed by atoms with van der Waals surface area (Å²) < 4.78 is 0. The van der Waals surface area contributed by atoms with Crippen molar-refractivity contribution in [2.75, 3.05) is 0 Å². The maximum absolute atomic E-state index is 11.3. The molecule has 0 spiro atoms. The van der Waals surface area contributed by atoms with Crippen LogP contribution in [-0.2, 0) is 0 Å². The van der Waals surface area contributed by atoms with Crippen molar-refractivity contribution in [2.45, 2.75) is 25.8 Å². The van der Waals surface area contributed by atoms with Crippen LogP contribution in [0.5, 0.6) is 0 Å². The van der Waals surface area contributed by atoms with Gasteiger partial charge in [-0.15, -0.1) is 0 Å². The van der Waals surface area contributed by atoms with E-state index in [9.17, 15) is 4.79 Å². The molecule has 0 bridgehead atoms. The summed E-state index contributed by atoms with van der Waals surface area (Å²) in [5, 5.41) is 5.54. The molecule has 2 N–H and O–H groups in total. The molecular weight excluding hydrogens is 200 g/mol. The number of hydrogen-bond donors (Lipinski definition) is 2. The van der Waals surface area contributed by atoms with Crippen molar-refractivity contribution in [1.82, 2.24) is 10.6 Å². The van der Waals surface area contributed by atoms with E-state index in [4.69, 9.17) is 0 Å². The van der Waals surface area contributed by atoms with Gasteiger partial charge in [-0.2, -0.15) is 0 Å². The standard InChI is InChI=1S/C13H16N2O/c1-10-3-2-4-11(9-10)7-8-14-13(16)15-12-5-6-12/h2-4,7-9,12H,5-6H2,1H3,(H2,14,15,16)/b8-7+. The van der Waals surface area contributed by atoms with Gasteiger partial charge in [-0.3, -0.25) is 0 Å². The minimum atomic E-state index is -0.119. The van der Waals surface area contributed by atoms with Crippen LogP contribution in [0, 0.1) is 6.92 Å². The third kappa shape index (κ3) is 3.42. The second-order valence-electron chi connectivity index (χ2n) is 4.14. The minimum absolute atomic E-state index is 0.119. The first-order valence-corrected chi connectivity index (χ1v) is 5.54. The topological polar surface area (TPSA) is 41.1 Å². The van der Waals surface area contributed by atoms with E-state index in [0.717, 1.165) is 18.4 Å². The largest absolute Gasteiger partial charge is 0.335 e. The fraction of sp³-hybridized carbons (Fsp3) is 0.308. The van der Waals surface area contributed by atoms with Gasteiger partial charge in [0.2, 0.25) is 0 Å². The van der Waals surface area contributed by atoms with E-state index in [1.54, 1.807) is 6.20 Å². The molecule has 0 aliphatic heterocycles. The highest BCUT2D eigenvalue weighted by atomic mass is 16.2. The van der Waals surface area contributed by atoms with Crippen molar-refractivity contribution < 1.29 is 4.79 Å². The molecule has 16 heavy (non-hydrogen) atoms. The van der Waals surface area contributed by atoms with Gasteiger partial charge in [0, 0.05) is 12.2 Å². The van der Waals surface area contributed by atoms with Crippen molar-refractivity contribution in [1.29, 1.82) is 0 Å². The molecule has 1 aliphatic carbocycles. The summed E-state index contributed by atoms with van der Waals surface area (Å²) in [6.45, 7) is 2.05. The molecule has 0 saturated heterocycles. The zero-order valence-corrected chi connectivity index (χ0v) is 9.36. The molecule has 2 rings (SSSR count).